The Labute approximate surface area is 86.1 Å². The van der Waals surface area contributed by atoms with Gasteiger partial charge in [0.2, 0.25) is 5.91 Å². The summed E-state index contributed by atoms with van der Waals surface area (Å²) in [6, 6.07) is 0.371. The average Bonchev–Trinajstić information content (AvgIpc) is 2.42. The Kier molecular flexibility index (Phi) is 3.97. The second kappa shape index (κ2) is 5.02. The molecule has 0 N–H and O–H groups in total. The molecule has 0 bridgehead atoms. The first-order valence-corrected chi connectivity index (χ1v) is 5.01. The maximum Gasteiger partial charge on any atom is 0.223 e. The molecule has 3 heteroatoms. The first kappa shape index (κ1) is 11.1. The van der Waals surface area contributed by atoms with Crippen LogP contribution < -0.4 is 0 Å². The van der Waals surface area contributed by atoms with Crippen molar-refractivity contribution in [3.05, 3.63) is 0 Å². The molecular formula is C11H18N2O. The molecule has 1 heterocycles. The molecule has 1 fully saturated rings. The summed E-state index contributed by atoms with van der Waals surface area (Å²) in [4.78, 5) is 15.2. The highest BCUT2D eigenvalue weighted by atomic mass is 16.2. The molecule has 0 aliphatic carbocycles. The molecule has 1 rings (SSSR count). The van der Waals surface area contributed by atoms with Crippen LogP contribution in [0.15, 0.2) is 0 Å². The molecule has 0 unspecified atom stereocenters. The molecule has 1 atom stereocenters. The lowest BCUT2D eigenvalue weighted by Crippen LogP contribution is -2.31. The van der Waals surface area contributed by atoms with E-state index in [2.05, 4.69) is 18.8 Å². The first-order valence-electron chi connectivity index (χ1n) is 5.01. The summed E-state index contributed by atoms with van der Waals surface area (Å²) in [6.07, 6.45) is 1.67. The number of nitrogens with zero attached hydrogens (tertiary/aromatic N) is 2. The fraction of sp³-hybridized carbons (Fsp3) is 0.727. The lowest BCUT2D eigenvalue weighted by Gasteiger charge is -2.18. The van der Waals surface area contributed by atoms with Crippen LogP contribution in [0.25, 0.3) is 0 Å². The Morgan fingerprint density at radius 2 is 2.21 bits per heavy atom. The van der Waals surface area contributed by atoms with Crippen LogP contribution in [0.3, 0.4) is 0 Å². The molecule has 78 valence electrons. The van der Waals surface area contributed by atoms with Gasteiger partial charge in [-0.05, 0) is 27.4 Å². The largest absolute Gasteiger partial charge is 0.329 e. The third-order valence-electron chi connectivity index (χ3n) is 2.40. The fourth-order valence-corrected chi connectivity index (χ4v) is 1.48. The lowest BCUT2D eigenvalue weighted by atomic mass is 10.2. The molecule has 1 aliphatic rings. The summed E-state index contributed by atoms with van der Waals surface area (Å²) in [5.41, 5.74) is 0. The molecule has 0 saturated carbocycles. The first-order chi connectivity index (χ1) is 6.61. The van der Waals surface area contributed by atoms with E-state index in [-0.39, 0.29) is 5.91 Å². The monoisotopic (exact) mass is 194 g/mol. The van der Waals surface area contributed by atoms with E-state index in [0.717, 1.165) is 13.0 Å². The van der Waals surface area contributed by atoms with Gasteiger partial charge in [-0.2, -0.15) is 0 Å². The zero-order valence-electron chi connectivity index (χ0n) is 9.21. The zero-order valence-corrected chi connectivity index (χ0v) is 9.21. The van der Waals surface area contributed by atoms with Crippen molar-refractivity contribution in [2.45, 2.75) is 25.8 Å². The molecule has 0 aromatic rings. The van der Waals surface area contributed by atoms with E-state index in [9.17, 15) is 4.79 Å². The van der Waals surface area contributed by atoms with Crippen LogP contribution in [0.2, 0.25) is 0 Å². The number of amides is 1. The van der Waals surface area contributed by atoms with Crippen molar-refractivity contribution in [3.8, 4) is 11.8 Å². The van der Waals surface area contributed by atoms with Gasteiger partial charge in [0.25, 0.3) is 0 Å². The van der Waals surface area contributed by atoms with E-state index in [4.69, 9.17) is 0 Å². The smallest absolute Gasteiger partial charge is 0.223 e. The van der Waals surface area contributed by atoms with E-state index in [1.165, 1.54) is 0 Å². The van der Waals surface area contributed by atoms with Crippen LogP contribution in [0, 0.1) is 11.8 Å². The standard InChI is InChI=1S/C11H18N2O/c1-10-6-7-11(14)13(10)9-5-4-8-12(2)3/h10H,6-9H2,1-3H3/t10-/m1/s1. The van der Waals surface area contributed by atoms with Crippen molar-refractivity contribution in [2.24, 2.45) is 0 Å². The minimum atomic E-state index is 0.247. The van der Waals surface area contributed by atoms with E-state index in [1.54, 1.807) is 0 Å². The number of hydrogen-bond acceptors (Lipinski definition) is 2. The highest BCUT2D eigenvalue weighted by molar-refractivity contribution is 5.78. The maximum absolute atomic E-state index is 11.4. The Morgan fingerprint density at radius 3 is 2.71 bits per heavy atom. The Bertz CT molecular complexity index is 262. The Balaban J connectivity index is 2.35. The maximum atomic E-state index is 11.4. The van der Waals surface area contributed by atoms with Crippen LogP contribution in [-0.2, 0) is 4.79 Å². The van der Waals surface area contributed by atoms with Gasteiger partial charge < -0.3 is 4.90 Å². The summed E-state index contributed by atoms with van der Waals surface area (Å²) < 4.78 is 0. The van der Waals surface area contributed by atoms with Gasteiger partial charge in [0.15, 0.2) is 0 Å². The SMILES string of the molecule is C[C@@H]1CCC(=O)N1CC#CCN(C)C. The predicted octanol–water partition coefficient (Wildman–Crippen LogP) is 0.562. The molecule has 0 radical (unpaired) electrons. The molecule has 1 aliphatic heterocycles. The Morgan fingerprint density at radius 1 is 1.50 bits per heavy atom. The normalized spacial score (nSPS) is 21.3. The van der Waals surface area contributed by atoms with Crippen molar-refractivity contribution < 1.29 is 4.79 Å². The summed E-state index contributed by atoms with van der Waals surface area (Å²) in [5.74, 6) is 6.31. The number of carbonyl (C=O) groups is 1. The second-order valence-electron chi connectivity index (χ2n) is 4.00. The number of rotatable bonds is 2. The number of hydrogen-bond donors (Lipinski definition) is 0. The van der Waals surface area contributed by atoms with Gasteiger partial charge in [0, 0.05) is 12.5 Å². The minimum Gasteiger partial charge on any atom is -0.329 e. The van der Waals surface area contributed by atoms with Crippen LogP contribution in [-0.4, -0.2) is 48.9 Å². The molecule has 3 nitrogen and oxygen atoms in total. The molecule has 0 aromatic carbocycles. The molecule has 1 amide bonds. The van der Waals surface area contributed by atoms with Crippen LogP contribution in [0.4, 0.5) is 0 Å². The Hall–Kier alpha value is -1.01. The van der Waals surface area contributed by atoms with Crippen molar-refractivity contribution in [1.29, 1.82) is 0 Å². The fourth-order valence-electron chi connectivity index (χ4n) is 1.48. The molecule has 0 spiro atoms. The molecule has 1 saturated heterocycles. The van der Waals surface area contributed by atoms with E-state index in [0.29, 0.717) is 19.0 Å². The van der Waals surface area contributed by atoms with Gasteiger partial charge in [0.05, 0.1) is 13.1 Å². The zero-order chi connectivity index (χ0) is 10.6. The molecule has 0 aromatic heterocycles. The molecular weight excluding hydrogens is 176 g/mol. The third-order valence-corrected chi connectivity index (χ3v) is 2.40. The van der Waals surface area contributed by atoms with Crippen molar-refractivity contribution in [1.82, 2.24) is 9.80 Å². The lowest BCUT2D eigenvalue weighted by molar-refractivity contribution is -0.128. The topological polar surface area (TPSA) is 23.6 Å². The third kappa shape index (κ3) is 3.04. The van der Waals surface area contributed by atoms with E-state index in [1.807, 2.05) is 23.9 Å². The van der Waals surface area contributed by atoms with Gasteiger partial charge in [0.1, 0.15) is 0 Å². The minimum absolute atomic E-state index is 0.247. The molecule has 14 heavy (non-hydrogen) atoms. The van der Waals surface area contributed by atoms with Crippen LogP contribution >= 0.6 is 0 Å². The highest BCUT2D eigenvalue weighted by Crippen LogP contribution is 2.16. The quantitative estimate of drug-likeness (QED) is 0.600. The van der Waals surface area contributed by atoms with Crippen molar-refractivity contribution >= 4 is 5.91 Å². The average molecular weight is 194 g/mol. The van der Waals surface area contributed by atoms with Gasteiger partial charge in [-0.15, -0.1) is 0 Å². The summed E-state index contributed by atoms with van der Waals surface area (Å²) in [5, 5.41) is 0. The van der Waals surface area contributed by atoms with Crippen LogP contribution in [0.1, 0.15) is 19.8 Å². The summed E-state index contributed by atoms with van der Waals surface area (Å²) in [7, 11) is 3.97. The summed E-state index contributed by atoms with van der Waals surface area (Å²) >= 11 is 0. The van der Waals surface area contributed by atoms with E-state index < -0.39 is 0 Å². The van der Waals surface area contributed by atoms with Gasteiger partial charge in [-0.25, -0.2) is 0 Å². The summed E-state index contributed by atoms with van der Waals surface area (Å²) in [6.45, 7) is 3.43. The number of likely N-dealkylation sites (tertiary alicyclic amines) is 1. The van der Waals surface area contributed by atoms with Gasteiger partial charge >= 0.3 is 0 Å². The predicted molar refractivity (Wildman–Crippen MR) is 56.7 cm³/mol. The van der Waals surface area contributed by atoms with Gasteiger partial charge in [-0.1, -0.05) is 11.8 Å². The van der Waals surface area contributed by atoms with Crippen molar-refractivity contribution in [3.63, 3.8) is 0 Å². The van der Waals surface area contributed by atoms with E-state index >= 15 is 0 Å². The highest BCUT2D eigenvalue weighted by Gasteiger charge is 2.26. The number of carbonyl (C=O) groups excluding carboxylic acids is 1. The van der Waals surface area contributed by atoms with Crippen molar-refractivity contribution in [2.75, 3.05) is 27.2 Å². The van der Waals surface area contributed by atoms with Gasteiger partial charge in [-0.3, -0.25) is 9.69 Å². The second-order valence-corrected chi connectivity index (χ2v) is 4.00. The van der Waals surface area contributed by atoms with Crippen LogP contribution in [0.5, 0.6) is 0 Å².